The van der Waals surface area contributed by atoms with Gasteiger partial charge < -0.3 is 13.5 Å². The van der Waals surface area contributed by atoms with Crippen LogP contribution in [-0.2, 0) is 10.2 Å². The number of hydrogen-bond acceptors (Lipinski definition) is 5. The monoisotopic (exact) mass is 386 g/mol. The van der Waals surface area contributed by atoms with Gasteiger partial charge in [0.05, 0.1) is 24.7 Å². The van der Waals surface area contributed by atoms with Crippen LogP contribution in [0.3, 0.4) is 0 Å². The van der Waals surface area contributed by atoms with Crippen LogP contribution in [0.25, 0.3) is 11.3 Å². The van der Waals surface area contributed by atoms with Gasteiger partial charge in [-0.3, -0.25) is 0 Å². The van der Waals surface area contributed by atoms with Gasteiger partial charge in [0.2, 0.25) is 0 Å². The van der Waals surface area contributed by atoms with Gasteiger partial charge in [0.15, 0.2) is 0 Å². The van der Waals surface area contributed by atoms with E-state index in [1.54, 1.807) is 19.5 Å². The van der Waals surface area contributed by atoms with E-state index < -0.39 is 5.41 Å². The van der Waals surface area contributed by atoms with Crippen molar-refractivity contribution >= 4 is 11.3 Å². The van der Waals surface area contributed by atoms with Crippen molar-refractivity contribution in [1.82, 2.24) is 18.8 Å². The summed E-state index contributed by atoms with van der Waals surface area (Å²) >= 11 is 0. The molecule has 0 aliphatic rings. The predicted molar refractivity (Wildman–Crippen MR) is 109 cm³/mol. The van der Waals surface area contributed by atoms with Crippen LogP contribution in [0.2, 0.25) is 0 Å². The van der Waals surface area contributed by atoms with Gasteiger partial charge in [0, 0.05) is 44.3 Å². The lowest BCUT2D eigenvalue weighted by molar-refractivity contribution is 0.161. The number of nitriles is 2. The number of hydrogen-bond donors (Lipinski definition) is 0. The molecule has 0 saturated heterocycles. The van der Waals surface area contributed by atoms with Crippen molar-refractivity contribution in [2.45, 2.75) is 25.2 Å². The summed E-state index contributed by atoms with van der Waals surface area (Å²) < 4.78 is 8.93. The highest BCUT2D eigenvalue weighted by Crippen LogP contribution is 2.24. The first kappa shape index (κ1) is 20.1. The first-order chi connectivity index (χ1) is 14.0. The second-order valence-corrected chi connectivity index (χ2v) is 6.99. The Kier molecular flexibility index (Phi) is 5.92. The predicted octanol–water partition coefficient (Wildman–Crippen LogP) is 3.72. The van der Waals surface area contributed by atoms with Crippen LogP contribution in [0.15, 0.2) is 61.4 Å². The topological polar surface area (TPSA) is 91.4 Å². The zero-order valence-electron chi connectivity index (χ0n) is 16.6. The second-order valence-electron chi connectivity index (χ2n) is 6.99. The van der Waals surface area contributed by atoms with Crippen molar-refractivity contribution in [2.24, 2.45) is 0 Å². The Bertz CT molecular complexity index is 1200. The van der Waals surface area contributed by atoms with E-state index in [2.05, 4.69) is 22.1 Å². The van der Waals surface area contributed by atoms with Gasteiger partial charge in [0.1, 0.15) is 16.7 Å². The summed E-state index contributed by atoms with van der Waals surface area (Å²) in [6.07, 6.45) is 11.1. The van der Waals surface area contributed by atoms with Gasteiger partial charge >= 0.3 is 0 Å². The smallest absolute Gasteiger partial charge is 0.136 e. The molecule has 4 aromatic heterocycles. The zero-order chi connectivity index (χ0) is 20.9. The van der Waals surface area contributed by atoms with Crippen LogP contribution in [0.4, 0.5) is 0 Å². The van der Waals surface area contributed by atoms with Gasteiger partial charge in [-0.1, -0.05) is 0 Å². The lowest BCUT2D eigenvalue weighted by atomic mass is 9.85. The van der Waals surface area contributed by atoms with Crippen LogP contribution in [0, 0.1) is 22.7 Å². The Hall–Kier alpha value is -3.68. The van der Waals surface area contributed by atoms with Gasteiger partial charge in [-0.15, -0.1) is 0 Å². The molecule has 4 aromatic rings. The molecule has 0 aliphatic carbocycles. The van der Waals surface area contributed by atoms with Crippen molar-refractivity contribution in [3.63, 3.8) is 0 Å². The van der Waals surface area contributed by atoms with Gasteiger partial charge in [-0.2, -0.15) is 10.5 Å². The summed E-state index contributed by atoms with van der Waals surface area (Å²) in [5.41, 5.74) is 3.05. The molecule has 4 heterocycles. The number of fused-ring (bicyclic) bond motifs is 2. The summed E-state index contributed by atoms with van der Waals surface area (Å²) in [5, 5.41) is 18.0. The molecule has 0 bridgehead atoms. The molecule has 0 fully saturated rings. The van der Waals surface area contributed by atoms with Gasteiger partial charge in [0.25, 0.3) is 0 Å². The molecule has 0 saturated carbocycles. The minimum absolute atomic E-state index is 0.0679. The van der Waals surface area contributed by atoms with Crippen LogP contribution >= 0.6 is 0 Å². The third-order valence-electron chi connectivity index (χ3n) is 4.83. The van der Waals surface area contributed by atoms with E-state index in [0.717, 1.165) is 22.4 Å². The van der Waals surface area contributed by atoms with E-state index in [1.807, 2.05) is 71.7 Å². The maximum absolute atomic E-state index is 9.24. The highest BCUT2D eigenvalue weighted by atomic mass is 16.5. The Balaban J connectivity index is 0.000000169. The minimum Gasteiger partial charge on any atom is -0.383 e. The van der Waals surface area contributed by atoms with Crippen LogP contribution < -0.4 is 0 Å². The van der Waals surface area contributed by atoms with E-state index in [1.165, 1.54) is 0 Å². The molecular weight excluding hydrogens is 364 g/mol. The third-order valence-corrected chi connectivity index (χ3v) is 4.83. The largest absolute Gasteiger partial charge is 0.383 e. The van der Waals surface area contributed by atoms with E-state index in [4.69, 9.17) is 10.00 Å². The van der Waals surface area contributed by atoms with E-state index in [9.17, 15) is 5.26 Å². The van der Waals surface area contributed by atoms with Crippen molar-refractivity contribution in [2.75, 3.05) is 13.7 Å². The fourth-order valence-corrected chi connectivity index (χ4v) is 2.99. The Morgan fingerprint density at radius 3 is 2.24 bits per heavy atom. The summed E-state index contributed by atoms with van der Waals surface area (Å²) in [6, 6.07) is 12.2. The molecule has 0 spiro atoms. The second kappa shape index (κ2) is 8.55. The number of nitrogens with zero attached hydrogens (tertiary/aromatic N) is 6. The normalized spacial score (nSPS) is 13.7. The van der Waals surface area contributed by atoms with Crippen LogP contribution in [-0.4, -0.2) is 32.5 Å². The summed E-state index contributed by atoms with van der Waals surface area (Å²) in [7, 11) is 1.60. The highest BCUT2D eigenvalue weighted by Gasteiger charge is 2.26. The van der Waals surface area contributed by atoms with Gasteiger partial charge in [-0.25, -0.2) is 9.97 Å². The molecule has 0 amide bonds. The Labute approximate surface area is 169 Å². The van der Waals surface area contributed by atoms with E-state index in [0.29, 0.717) is 6.61 Å². The summed E-state index contributed by atoms with van der Waals surface area (Å²) in [4.78, 5) is 8.35. The molecule has 0 aliphatic heterocycles. The number of methoxy groups -OCH3 is 1. The molecule has 2 unspecified atom stereocenters. The number of aromatic nitrogens is 4. The quantitative estimate of drug-likeness (QED) is 0.533. The summed E-state index contributed by atoms with van der Waals surface area (Å²) in [5.74, 6) is -0.0679. The minimum atomic E-state index is -0.623. The maximum atomic E-state index is 9.24. The first-order valence-corrected chi connectivity index (χ1v) is 9.16. The van der Waals surface area contributed by atoms with E-state index in [-0.39, 0.29) is 5.92 Å². The molecule has 7 nitrogen and oxygen atoms in total. The van der Waals surface area contributed by atoms with Crippen molar-refractivity contribution in [3.05, 3.63) is 72.6 Å². The Morgan fingerprint density at radius 1 is 1.03 bits per heavy atom. The highest BCUT2D eigenvalue weighted by molar-refractivity contribution is 5.46. The summed E-state index contributed by atoms with van der Waals surface area (Å²) in [6.45, 7) is 4.13. The van der Waals surface area contributed by atoms with Crippen LogP contribution in [0.1, 0.15) is 30.9 Å². The molecular formula is C22H22N6O. The molecule has 2 atom stereocenters. The Morgan fingerprint density at radius 2 is 1.66 bits per heavy atom. The van der Waals surface area contributed by atoms with Gasteiger partial charge in [-0.05, 0) is 49.2 Å². The average molecular weight is 386 g/mol. The fourth-order valence-electron chi connectivity index (χ4n) is 2.99. The SMILES string of the molecule is CC(C#N)c1ccn2ccnc2c1.COCC(C)(C#N)c1ccn2ccnc2c1. The third kappa shape index (κ3) is 4.26. The molecule has 0 radical (unpaired) electrons. The average Bonchev–Trinajstić information content (AvgIpc) is 3.41. The first-order valence-electron chi connectivity index (χ1n) is 9.16. The number of pyridine rings is 2. The van der Waals surface area contributed by atoms with Crippen molar-refractivity contribution in [1.29, 1.82) is 10.5 Å². The molecule has 29 heavy (non-hydrogen) atoms. The molecule has 0 aromatic carbocycles. The zero-order valence-corrected chi connectivity index (χ0v) is 16.6. The molecule has 0 N–H and O–H groups in total. The number of imidazole rings is 2. The molecule has 4 rings (SSSR count). The van der Waals surface area contributed by atoms with Crippen molar-refractivity contribution in [3.8, 4) is 12.1 Å². The molecule has 146 valence electrons. The van der Waals surface area contributed by atoms with Crippen molar-refractivity contribution < 1.29 is 4.74 Å². The number of ether oxygens (including phenoxy) is 1. The van der Waals surface area contributed by atoms with E-state index >= 15 is 0 Å². The number of rotatable bonds is 4. The maximum Gasteiger partial charge on any atom is 0.136 e. The fraction of sp³-hybridized carbons (Fsp3) is 0.273. The standard InChI is InChI=1S/C12H13N3O.C10H9N3/c1-12(8-13,9-16-2)10-3-5-15-6-4-14-11(15)7-10;1-8(7-11)9-2-4-13-5-3-12-10(13)6-9/h3-7H,9H2,1-2H3;2-6,8H,1H3. The molecule has 7 heteroatoms. The van der Waals surface area contributed by atoms with Crippen LogP contribution in [0.5, 0.6) is 0 Å². The lowest BCUT2D eigenvalue weighted by Crippen LogP contribution is -2.25. The lowest BCUT2D eigenvalue weighted by Gasteiger charge is -2.20.